The summed E-state index contributed by atoms with van der Waals surface area (Å²) in [5.74, 6) is 1.71. The molecule has 0 aliphatic rings. The summed E-state index contributed by atoms with van der Waals surface area (Å²) in [5.41, 5.74) is 3.25. The van der Waals surface area contributed by atoms with Gasteiger partial charge in [-0.1, -0.05) is 19.1 Å². The lowest BCUT2D eigenvalue weighted by atomic mass is 10.1. The quantitative estimate of drug-likeness (QED) is 0.555. The lowest BCUT2D eigenvalue weighted by Crippen LogP contribution is -2.10. The number of hydrogen-bond acceptors (Lipinski definition) is 4. The number of nitrogens with zero attached hydrogens (tertiary/aromatic N) is 6. The van der Waals surface area contributed by atoms with Gasteiger partial charge in [0.1, 0.15) is 17.2 Å². The van der Waals surface area contributed by atoms with Crippen molar-refractivity contribution in [3.8, 4) is 17.5 Å². The SMILES string of the molecule is CCCn1c(Cn2ccnc2-c2ccccc2C#N)nc2cccnc21. The van der Waals surface area contributed by atoms with Gasteiger partial charge in [-0.3, -0.25) is 0 Å². The molecular weight excluding hydrogens is 324 g/mol. The highest BCUT2D eigenvalue weighted by Crippen LogP contribution is 2.23. The highest BCUT2D eigenvalue weighted by atomic mass is 15.2. The summed E-state index contributed by atoms with van der Waals surface area (Å²) in [6.45, 7) is 3.58. The van der Waals surface area contributed by atoms with E-state index < -0.39 is 0 Å². The van der Waals surface area contributed by atoms with Crippen molar-refractivity contribution in [3.63, 3.8) is 0 Å². The Labute approximate surface area is 151 Å². The van der Waals surface area contributed by atoms with Gasteiger partial charge in [-0.15, -0.1) is 0 Å². The van der Waals surface area contributed by atoms with Crippen LogP contribution in [0.1, 0.15) is 24.7 Å². The second-order valence-electron chi connectivity index (χ2n) is 6.06. The molecule has 6 nitrogen and oxygen atoms in total. The molecule has 1 aromatic carbocycles. The molecule has 6 heteroatoms. The van der Waals surface area contributed by atoms with Crippen molar-refractivity contribution in [2.24, 2.45) is 0 Å². The molecule has 0 bridgehead atoms. The Balaban J connectivity index is 1.78. The average molecular weight is 342 g/mol. The number of hydrogen-bond donors (Lipinski definition) is 0. The van der Waals surface area contributed by atoms with E-state index in [0.29, 0.717) is 12.1 Å². The molecule has 0 radical (unpaired) electrons. The van der Waals surface area contributed by atoms with E-state index >= 15 is 0 Å². The van der Waals surface area contributed by atoms with Crippen LogP contribution in [-0.4, -0.2) is 24.1 Å². The maximum atomic E-state index is 9.40. The molecule has 0 atom stereocenters. The van der Waals surface area contributed by atoms with Gasteiger partial charge in [-0.2, -0.15) is 5.26 Å². The Morgan fingerprint density at radius 3 is 2.81 bits per heavy atom. The van der Waals surface area contributed by atoms with E-state index in [1.807, 2.05) is 47.2 Å². The molecule has 0 aliphatic carbocycles. The van der Waals surface area contributed by atoms with E-state index in [1.165, 1.54) is 0 Å². The highest BCUT2D eigenvalue weighted by Gasteiger charge is 2.15. The first kappa shape index (κ1) is 16.0. The molecule has 0 amide bonds. The normalized spacial score (nSPS) is 10.9. The number of pyridine rings is 1. The number of rotatable bonds is 5. The number of fused-ring (bicyclic) bond motifs is 1. The van der Waals surface area contributed by atoms with E-state index in [9.17, 15) is 5.26 Å². The standard InChI is InChI=1S/C20H18N6/c1-2-11-26-18(24-17-8-5-9-22-20(17)26)14-25-12-10-23-19(25)16-7-4-3-6-15(16)13-21/h3-10,12H,2,11,14H2,1H3. The van der Waals surface area contributed by atoms with Gasteiger partial charge in [-0.05, 0) is 30.7 Å². The third-order valence-corrected chi connectivity index (χ3v) is 4.35. The van der Waals surface area contributed by atoms with E-state index in [4.69, 9.17) is 4.98 Å². The van der Waals surface area contributed by atoms with Crippen molar-refractivity contribution in [1.29, 1.82) is 5.26 Å². The van der Waals surface area contributed by atoms with Crippen molar-refractivity contribution >= 4 is 11.2 Å². The Kier molecular flexibility index (Phi) is 4.20. The van der Waals surface area contributed by atoms with Crippen LogP contribution in [0.3, 0.4) is 0 Å². The summed E-state index contributed by atoms with van der Waals surface area (Å²) in [6.07, 6.45) is 6.48. The summed E-state index contributed by atoms with van der Waals surface area (Å²) in [7, 11) is 0. The van der Waals surface area contributed by atoms with Crippen LogP contribution in [0.4, 0.5) is 0 Å². The van der Waals surface area contributed by atoms with E-state index in [0.717, 1.165) is 41.3 Å². The van der Waals surface area contributed by atoms with Gasteiger partial charge in [0.25, 0.3) is 0 Å². The molecule has 0 N–H and O–H groups in total. The van der Waals surface area contributed by atoms with E-state index in [2.05, 4.69) is 27.5 Å². The Morgan fingerprint density at radius 2 is 1.96 bits per heavy atom. The molecule has 3 aromatic heterocycles. The van der Waals surface area contributed by atoms with Crippen molar-refractivity contribution in [2.45, 2.75) is 26.4 Å². The van der Waals surface area contributed by atoms with Gasteiger partial charge in [0, 0.05) is 30.7 Å². The topological polar surface area (TPSA) is 72.3 Å². The summed E-state index contributed by atoms with van der Waals surface area (Å²) in [5, 5.41) is 9.40. The van der Waals surface area contributed by atoms with Crippen LogP contribution < -0.4 is 0 Å². The molecule has 4 rings (SSSR count). The van der Waals surface area contributed by atoms with Gasteiger partial charge < -0.3 is 9.13 Å². The molecule has 0 spiro atoms. The number of imidazole rings is 2. The van der Waals surface area contributed by atoms with Gasteiger partial charge >= 0.3 is 0 Å². The zero-order valence-electron chi connectivity index (χ0n) is 14.5. The monoisotopic (exact) mass is 342 g/mol. The van der Waals surface area contributed by atoms with E-state index in [-0.39, 0.29) is 0 Å². The number of aromatic nitrogens is 5. The fraction of sp³-hybridized carbons (Fsp3) is 0.200. The largest absolute Gasteiger partial charge is 0.323 e. The summed E-state index contributed by atoms with van der Waals surface area (Å²) >= 11 is 0. The molecule has 0 fully saturated rings. The molecular formula is C20H18N6. The van der Waals surface area contributed by atoms with Gasteiger partial charge in [0.15, 0.2) is 5.65 Å². The van der Waals surface area contributed by atoms with E-state index in [1.54, 1.807) is 12.4 Å². The lowest BCUT2D eigenvalue weighted by Gasteiger charge is -2.11. The summed E-state index contributed by atoms with van der Waals surface area (Å²) < 4.78 is 4.19. The second kappa shape index (κ2) is 6.81. The van der Waals surface area contributed by atoms with Crippen molar-refractivity contribution in [2.75, 3.05) is 0 Å². The first-order chi connectivity index (χ1) is 12.8. The third kappa shape index (κ3) is 2.74. The highest BCUT2D eigenvalue weighted by molar-refractivity contribution is 5.71. The fourth-order valence-electron chi connectivity index (χ4n) is 3.19. The third-order valence-electron chi connectivity index (χ3n) is 4.35. The van der Waals surface area contributed by atoms with Crippen LogP contribution in [0.25, 0.3) is 22.6 Å². The van der Waals surface area contributed by atoms with Crippen molar-refractivity contribution in [1.82, 2.24) is 24.1 Å². The van der Waals surface area contributed by atoms with Crippen LogP contribution in [0, 0.1) is 11.3 Å². The Bertz CT molecular complexity index is 1100. The fourth-order valence-corrected chi connectivity index (χ4v) is 3.19. The van der Waals surface area contributed by atoms with Crippen LogP contribution in [0.2, 0.25) is 0 Å². The average Bonchev–Trinajstić information content (AvgIpc) is 3.27. The first-order valence-electron chi connectivity index (χ1n) is 8.62. The predicted molar refractivity (Wildman–Crippen MR) is 99.3 cm³/mol. The maximum Gasteiger partial charge on any atom is 0.160 e. The minimum atomic E-state index is 0.575. The zero-order chi connectivity index (χ0) is 17.9. The van der Waals surface area contributed by atoms with Crippen molar-refractivity contribution in [3.05, 3.63) is 66.4 Å². The van der Waals surface area contributed by atoms with Crippen LogP contribution in [0.15, 0.2) is 55.0 Å². The summed E-state index contributed by atoms with van der Waals surface area (Å²) in [6, 6.07) is 13.7. The van der Waals surface area contributed by atoms with Gasteiger partial charge in [0.2, 0.25) is 0 Å². The maximum absolute atomic E-state index is 9.40. The molecule has 0 saturated carbocycles. The molecule has 3 heterocycles. The number of aryl methyl sites for hydroxylation is 1. The molecule has 4 aromatic rings. The van der Waals surface area contributed by atoms with Crippen LogP contribution in [0.5, 0.6) is 0 Å². The van der Waals surface area contributed by atoms with Crippen LogP contribution in [-0.2, 0) is 13.1 Å². The molecule has 128 valence electrons. The Morgan fingerprint density at radius 1 is 1.08 bits per heavy atom. The van der Waals surface area contributed by atoms with Crippen LogP contribution >= 0.6 is 0 Å². The molecule has 26 heavy (non-hydrogen) atoms. The first-order valence-corrected chi connectivity index (χ1v) is 8.62. The van der Waals surface area contributed by atoms with Gasteiger partial charge in [0.05, 0.1) is 18.2 Å². The predicted octanol–water partition coefficient (Wildman–Crippen LogP) is 3.62. The minimum absolute atomic E-state index is 0.575. The number of nitriles is 1. The smallest absolute Gasteiger partial charge is 0.160 e. The minimum Gasteiger partial charge on any atom is -0.323 e. The molecule has 0 unspecified atom stereocenters. The second-order valence-corrected chi connectivity index (χ2v) is 6.06. The Hall–Kier alpha value is -3.46. The molecule has 0 saturated heterocycles. The molecule has 0 aliphatic heterocycles. The van der Waals surface area contributed by atoms with Crippen molar-refractivity contribution < 1.29 is 0 Å². The number of benzene rings is 1. The zero-order valence-corrected chi connectivity index (χ0v) is 14.5. The lowest BCUT2D eigenvalue weighted by molar-refractivity contribution is 0.623. The van der Waals surface area contributed by atoms with Gasteiger partial charge in [-0.25, -0.2) is 15.0 Å². The summed E-state index contributed by atoms with van der Waals surface area (Å²) in [4.78, 5) is 13.7.